The Kier molecular flexibility index (Phi) is 8.02. The molecular weight excluding hydrogens is 394 g/mol. The number of amides is 2. The number of hydrogen-bond acceptors (Lipinski definition) is 7. The summed E-state index contributed by atoms with van der Waals surface area (Å²) in [6.45, 7) is 4.14. The number of benzene rings is 1. The molecule has 1 aliphatic rings. The maximum atomic E-state index is 12.6. The zero-order valence-electron chi connectivity index (χ0n) is 17.6. The summed E-state index contributed by atoms with van der Waals surface area (Å²) in [5.74, 6) is -0.491. The third-order valence-electron chi connectivity index (χ3n) is 4.60. The first kappa shape index (κ1) is 23.0. The van der Waals surface area contributed by atoms with Gasteiger partial charge in [-0.25, -0.2) is 9.59 Å². The number of rotatable bonds is 10. The maximum absolute atomic E-state index is 12.6. The van der Waals surface area contributed by atoms with Crippen LogP contribution in [0.1, 0.15) is 51.1 Å². The molecule has 1 aromatic rings. The Morgan fingerprint density at radius 2 is 1.97 bits per heavy atom. The molecule has 1 aliphatic heterocycles. The van der Waals surface area contributed by atoms with Crippen LogP contribution < -0.4 is 20.1 Å². The number of nitro benzene ring substituents is 1. The first-order chi connectivity index (χ1) is 14.4. The molecule has 0 saturated carbocycles. The zero-order valence-corrected chi connectivity index (χ0v) is 17.6. The number of nitrogens with zero attached hydrogens (tertiary/aromatic N) is 1. The molecule has 2 N–H and O–H groups in total. The number of ether oxygens (including phenoxy) is 3. The van der Waals surface area contributed by atoms with Crippen LogP contribution in [0.5, 0.6) is 11.5 Å². The molecule has 1 heterocycles. The second-order valence-corrected chi connectivity index (χ2v) is 6.70. The summed E-state index contributed by atoms with van der Waals surface area (Å²) in [5.41, 5.74) is 0.631. The Morgan fingerprint density at radius 3 is 2.53 bits per heavy atom. The number of unbranched alkanes of at least 4 members (excludes halogenated alkanes) is 1. The van der Waals surface area contributed by atoms with E-state index in [-0.39, 0.29) is 29.4 Å². The number of nitro groups is 1. The van der Waals surface area contributed by atoms with Gasteiger partial charge in [0.15, 0.2) is 5.75 Å². The molecule has 0 fully saturated rings. The SMILES string of the molecule is CCCCC1=C(C(=O)OC)C(c2cc(OC)c(OCCC)c([N+](=O)[O-])c2)NC(=O)N1. The molecule has 2 amide bonds. The van der Waals surface area contributed by atoms with Crippen molar-refractivity contribution in [2.75, 3.05) is 20.8 Å². The van der Waals surface area contributed by atoms with E-state index in [1.54, 1.807) is 0 Å². The van der Waals surface area contributed by atoms with Gasteiger partial charge in [-0.2, -0.15) is 0 Å². The summed E-state index contributed by atoms with van der Waals surface area (Å²) in [6, 6.07) is 1.36. The van der Waals surface area contributed by atoms with E-state index >= 15 is 0 Å². The van der Waals surface area contributed by atoms with Gasteiger partial charge < -0.3 is 24.8 Å². The number of carbonyl (C=O) groups is 2. The normalized spacial score (nSPS) is 15.9. The number of urea groups is 1. The van der Waals surface area contributed by atoms with Crippen LogP contribution in [0.15, 0.2) is 23.4 Å². The van der Waals surface area contributed by atoms with Crippen LogP contribution in [0, 0.1) is 10.1 Å². The van der Waals surface area contributed by atoms with Gasteiger partial charge in [0.25, 0.3) is 0 Å². The molecular formula is C20H27N3O7. The molecule has 30 heavy (non-hydrogen) atoms. The van der Waals surface area contributed by atoms with Gasteiger partial charge in [0.05, 0.1) is 37.4 Å². The maximum Gasteiger partial charge on any atom is 0.337 e. The van der Waals surface area contributed by atoms with E-state index < -0.39 is 23.0 Å². The molecule has 0 aromatic heterocycles. The van der Waals surface area contributed by atoms with Gasteiger partial charge in [0.1, 0.15) is 0 Å². The quantitative estimate of drug-likeness (QED) is 0.337. The average Bonchev–Trinajstić information content (AvgIpc) is 2.74. The van der Waals surface area contributed by atoms with Crippen molar-refractivity contribution in [2.45, 2.75) is 45.6 Å². The number of carbonyl (C=O) groups excluding carboxylic acids is 2. The molecule has 1 unspecified atom stereocenters. The fraction of sp³-hybridized carbons (Fsp3) is 0.500. The standard InChI is InChI=1S/C20H27N3O7/c1-5-7-8-13-16(19(24)29-4)17(22-20(25)21-13)12-10-14(23(26)27)18(30-9-6-2)15(11-12)28-3/h10-11,17H,5-9H2,1-4H3,(H2,21,22,25). The monoisotopic (exact) mass is 421 g/mol. The van der Waals surface area contributed by atoms with Gasteiger partial charge in [-0.15, -0.1) is 0 Å². The van der Waals surface area contributed by atoms with E-state index in [4.69, 9.17) is 14.2 Å². The van der Waals surface area contributed by atoms with Crippen molar-refractivity contribution >= 4 is 17.7 Å². The van der Waals surface area contributed by atoms with Crippen molar-refractivity contribution in [2.24, 2.45) is 0 Å². The summed E-state index contributed by atoms with van der Waals surface area (Å²) in [5, 5.41) is 17.0. The highest BCUT2D eigenvalue weighted by Crippen LogP contribution is 2.42. The van der Waals surface area contributed by atoms with Crippen molar-refractivity contribution in [1.29, 1.82) is 0 Å². The highest BCUT2D eigenvalue weighted by atomic mass is 16.6. The summed E-state index contributed by atoms with van der Waals surface area (Å²) in [7, 11) is 2.61. The van der Waals surface area contributed by atoms with Gasteiger partial charge in [0.2, 0.25) is 5.75 Å². The Morgan fingerprint density at radius 1 is 1.23 bits per heavy atom. The highest BCUT2D eigenvalue weighted by Gasteiger charge is 2.35. The Labute approximate surface area is 174 Å². The first-order valence-electron chi connectivity index (χ1n) is 9.75. The average molecular weight is 421 g/mol. The van der Waals surface area contributed by atoms with Crippen LogP contribution >= 0.6 is 0 Å². The van der Waals surface area contributed by atoms with Crippen molar-refractivity contribution in [3.05, 3.63) is 39.1 Å². The lowest BCUT2D eigenvalue weighted by molar-refractivity contribution is -0.386. The largest absolute Gasteiger partial charge is 0.493 e. The lowest BCUT2D eigenvalue weighted by Gasteiger charge is -2.29. The van der Waals surface area contributed by atoms with Crippen LogP contribution in [0.3, 0.4) is 0 Å². The summed E-state index contributed by atoms with van der Waals surface area (Å²) >= 11 is 0. The molecule has 1 atom stereocenters. The smallest absolute Gasteiger partial charge is 0.337 e. The van der Waals surface area contributed by atoms with E-state index in [0.29, 0.717) is 24.1 Å². The number of hydrogen-bond donors (Lipinski definition) is 2. The van der Waals surface area contributed by atoms with Gasteiger partial charge in [-0.3, -0.25) is 10.1 Å². The number of methoxy groups -OCH3 is 2. The Bertz CT molecular complexity index is 851. The fourth-order valence-corrected chi connectivity index (χ4v) is 3.18. The van der Waals surface area contributed by atoms with Crippen molar-refractivity contribution in [3.8, 4) is 11.5 Å². The summed E-state index contributed by atoms with van der Waals surface area (Å²) < 4.78 is 15.8. The van der Waals surface area contributed by atoms with Crippen LogP contribution in [0.2, 0.25) is 0 Å². The first-order valence-corrected chi connectivity index (χ1v) is 9.75. The lowest BCUT2D eigenvalue weighted by Crippen LogP contribution is -2.46. The summed E-state index contributed by atoms with van der Waals surface area (Å²) in [4.78, 5) is 35.9. The van der Waals surface area contributed by atoms with Crippen LogP contribution in [0.4, 0.5) is 10.5 Å². The Balaban J connectivity index is 2.66. The lowest BCUT2D eigenvalue weighted by atomic mass is 9.93. The Hall–Kier alpha value is -3.30. The van der Waals surface area contributed by atoms with Gasteiger partial charge in [-0.05, 0) is 30.9 Å². The second kappa shape index (κ2) is 10.5. The van der Waals surface area contributed by atoms with Crippen molar-refractivity contribution in [3.63, 3.8) is 0 Å². The van der Waals surface area contributed by atoms with Gasteiger partial charge >= 0.3 is 17.7 Å². The van der Waals surface area contributed by atoms with Crippen LogP contribution in [-0.2, 0) is 9.53 Å². The predicted octanol–water partition coefficient (Wildman–Crippen LogP) is 3.36. The fourth-order valence-electron chi connectivity index (χ4n) is 3.18. The predicted molar refractivity (Wildman–Crippen MR) is 108 cm³/mol. The number of esters is 1. The molecule has 0 spiro atoms. The van der Waals surface area contributed by atoms with E-state index in [9.17, 15) is 19.7 Å². The zero-order chi connectivity index (χ0) is 22.3. The van der Waals surface area contributed by atoms with E-state index in [0.717, 1.165) is 12.8 Å². The molecule has 2 rings (SSSR count). The van der Waals surface area contributed by atoms with Crippen LogP contribution in [-0.4, -0.2) is 37.8 Å². The minimum Gasteiger partial charge on any atom is -0.493 e. The topological polar surface area (TPSA) is 129 Å². The van der Waals surface area contributed by atoms with Gasteiger partial charge in [-0.1, -0.05) is 20.3 Å². The minimum absolute atomic E-state index is 0.00293. The number of allylic oxidation sites excluding steroid dienone is 1. The van der Waals surface area contributed by atoms with E-state index in [2.05, 4.69) is 10.6 Å². The van der Waals surface area contributed by atoms with Gasteiger partial charge in [0, 0.05) is 11.8 Å². The van der Waals surface area contributed by atoms with Crippen LogP contribution in [0.25, 0.3) is 0 Å². The molecule has 10 heteroatoms. The molecule has 0 saturated heterocycles. The molecule has 0 bridgehead atoms. The molecule has 164 valence electrons. The van der Waals surface area contributed by atoms with Crippen molar-refractivity contribution in [1.82, 2.24) is 10.6 Å². The second-order valence-electron chi connectivity index (χ2n) is 6.70. The molecule has 1 aromatic carbocycles. The molecule has 10 nitrogen and oxygen atoms in total. The minimum atomic E-state index is -0.939. The summed E-state index contributed by atoms with van der Waals surface area (Å²) in [6.07, 6.45) is 2.72. The van der Waals surface area contributed by atoms with E-state index in [1.807, 2.05) is 13.8 Å². The third-order valence-corrected chi connectivity index (χ3v) is 4.60. The molecule has 0 aliphatic carbocycles. The third kappa shape index (κ3) is 5.00. The molecule has 0 radical (unpaired) electrons. The number of nitrogens with one attached hydrogen (secondary N) is 2. The van der Waals surface area contributed by atoms with E-state index in [1.165, 1.54) is 26.4 Å². The van der Waals surface area contributed by atoms with Crippen molar-refractivity contribution < 1.29 is 28.7 Å². The highest BCUT2D eigenvalue weighted by molar-refractivity contribution is 5.95.